The molecule has 1 atom stereocenters. The van der Waals surface area contributed by atoms with E-state index in [1.807, 2.05) is 6.92 Å². The van der Waals surface area contributed by atoms with Crippen molar-refractivity contribution < 1.29 is 27.8 Å². The van der Waals surface area contributed by atoms with Crippen molar-refractivity contribution in [2.24, 2.45) is 5.41 Å². The van der Waals surface area contributed by atoms with Crippen molar-refractivity contribution >= 4 is 5.91 Å². The topological polar surface area (TPSA) is 49.8 Å². The van der Waals surface area contributed by atoms with Crippen LogP contribution in [0.1, 0.15) is 43.0 Å². The van der Waals surface area contributed by atoms with Crippen LogP contribution in [0.2, 0.25) is 0 Å². The first-order valence-corrected chi connectivity index (χ1v) is 8.00. The second kappa shape index (κ2) is 5.65. The van der Waals surface area contributed by atoms with Gasteiger partial charge in [-0.1, -0.05) is 12.1 Å². The number of alkyl halides is 3. The van der Waals surface area contributed by atoms with Crippen molar-refractivity contribution in [3.05, 3.63) is 29.8 Å². The van der Waals surface area contributed by atoms with Crippen LogP contribution in [0.15, 0.2) is 24.3 Å². The summed E-state index contributed by atoms with van der Waals surface area (Å²) in [5.74, 6) is -0.949. The highest BCUT2D eigenvalue weighted by atomic mass is 19.4. The zero-order valence-electron chi connectivity index (χ0n) is 13.4. The summed E-state index contributed by atoms with van der Waals surface area (Å²) in [5, 5.41) is 10.4. The molecule has 1 spiro atoms. The number of piperidine rings is 1. The average molecular weight is 343 g/mol. The maximum Gasteiger partial charge on any atom is 0.573 e. The molecule has 2 aliphatic rings. The predicted molar refractivity (Wildman–Crippen MR) is 80.6 cm³/mol. The summed E-state index contributed by atoms with van der Waals surface area (Å²) in [6.45, 7) is 2.67. The summed E-state index contributed by atoms with van der Waals surface area (Å²) in [5.41, 5.74) is -0.961. The molecule has 1 aliphatic heterocycles. The molecule has 0 radical (unpaired) electrons. The van der Waals surface area contributed by atoms with E-state index >= 15 is 0 Å². The third-order valence-electron chi connectivity index (χ3n) is 5.58. The quantitative estimate of drug-likeness (QED) is 0.896. The summed E-state index contributed by atoms with van der Waals surface area (Å²) in [7, 11) is 0. The number of carbonyl (C=O) groups excluding carboxylic acids is 1. The lowest BCUT2D eigenvalue weighted by Gasteiger charge is -2.58. The molecule has 3 rings (SSSR count). The molecule has 7 heteroatoms. The maximum atomic E-state index is 12.6. The van der Waals surface area contributed by atoms with E-state index in [4.69, 9.17) is 0 Å². The molecule has 1 aliphatic carbocycles. The van der Waals surface area contributed by atoms with Crippen LogP contribution in [0.4, 0.5) is 13.2 Å². The smallest absolute Gasteiger partial charge is 0.405 e. The molecule has 1 heterocycles. The van der Waals surface area contributed by atoms with Gasteiger partial charge in [0.2, 0.25) is 0 Å². The Morgan fingerprint density at radius 1 is 1.17 bits per heavy atom. The number of amides is 1. The molecule has 0 aromatic heterocycles. The first kappa shape index (κ1) is 17.1. The summed E-state index contributed by atoms with van der Waals surface area (Å²) < 4.78 is 41.4. The lowest BCUT2D eigenvalue weighted by atomic mass is 9.53. The highest BCUT2D eigenvalue weighted by molar-refractivity contribution is 5.97. The fourth-order valence-corrected chi connectivity index (χ4v) is 3.79. The fraction of sp³-hybridized carbons (Fsp3) is 0.588. The van der Waals surface area contributed by atoms with Crippen LogP contribution in [0.25, 0.3) is 0 Å². The molecule has 1 aromatic carbocycles. The molecule has 1 N–H and O–H groups in total. The standard InChI is InChI=1S/C17H20F3NO3/c1-15(23)6-7-16(15)8-10-21(11-9-16)14(22)12-4-2-3-5-13(12)24-17(18,19)20/h2-5,23H,6-11H2,1H3. The van der Waals surface area contributed by atoms with E-state index < -0.39 is 23.6 Å². The Morgan fingerprint density at radius 2 is 1.79 bits per heavy atom. The number of hydrogen-bond donors (Lipinski definition) is 1. The number of rotatable bonds is 2. The van der Waals surface area contributed by atoms with Gasteiger partial charge in [0, 0.05) is 18.5 Å². The van der Waals surface area contributed by atoms with E-state index in [0.717, 1.165) is 18.9 Å². The van der Waals surface area contributed by atoms with Gasteiger partial charge < -0.3 is 14.7 Å². The van der Waals surface area contributed by atoms with Crippen LogP contribution in [0.5, 0.6) is 5.75 Å². The van der Waals surface area contributed by atoms with Gasteiger partial charge in [-0.3, -0.25) is 4.79 Å². The fourth-order valence-electron chi connectivity index (χ4n) is 3.79. The second-order valence-corrected chi connectivity index (χ2v) is 6.89. The van der Waals surface area contributed by atoms with Crippen molar-refractivity contribution in [1.82, 2.24) is 4.90 Å². The van der Waals surface area contributed by atoms with E-state index in [2.05, 4.69) is 4.74 Å². The van der Waals surface area contributed by atoms with Gasteiger partial charge in [-0.15, -0.1) is 13.2 Å². The Bertz CT molecular complexity index is 634. The SMILES string of the molecule is CC1(O)CCC12CCN(C(=O)c1ccccc1OC(F)(F)F)CC2. The molecule has 0 bridgehead atoms. The number of aliphatic hydroxyl groups is 1. The lowest BCUT2D eigenvalue weighted by Crippen LogP contribution is -2.60. The van der Waals surface area contributed by atoms with Gasteiger partial charge in [0.1, 0.15) is 5.75 Å². The summed E-state index contributed by atoms with van der Waals surface area (Å²) >= 11 is 0. The Balaban J connectivity index is 1.72. The van der Waals surface area contributed by atoms with Crippen molar-refractivity contribution in [2.75, 3.05) is 13.1 Å². The minimum Gasteiger partial charge on any atom is -0.405 e. The van der Waals surface area contributed by atoms with E-state index in [9.17, 15) is 23.1 Å². The van der Waals surface area contributed by atoms with Crippen LogP contribution >= 0.6 is 0 Å². The van der Waals surface area contributed by atoms with Gasteiger partial charge in [-0.2, -0.15) is 0 Å². The Labute approximate surface area is 138 Å². The zero-order chi connectivity index (χ0) is 17.6. The van der Waals surface area contributed by atoms with Crippen molar-refractivity contribution in [3.63, 3.8) is 0 Å². The van der Waals surface area contributed by atoms with Gasteiger partial charge in [0.25, 0.3) is 5.91 Å². The largest absolute Gasteiger partial charge is 0.573 e. The Hall–Kier alpha value is -1.76. The number of likely N-dealkylation sites (tertiary alicyclic amines) is 1. The number of ether oxygens (including phenoxy) is 1. The van der Waals surface area contributed by atoms with Crippen molar-refractivity contribution in [2.45, 2.75) is 44.6 Å². The van der Waals surface area contributed by atoms with Crippen LogP contribution in [0, 0.1) is 5.41 Å². The minimum absolute atomic E-state index is 0.0915. The highest BCUT2D eigenvalue weighted by Gasteiger charge is 2.55. The molecule has 4 nitrogen and oxygen atoms in total. The monoisotopic (exact) mass is 343 g/mol. The van der Waals surface area contributed by atoms with Crippen LogP contribution in [-0.2, 0) is 0 Å². The van der Waals surface area contributed by atoms with Gasteiger partial charge in [-0.05, 0) is 44.7 Å². The maximum absolute atomic E-state index is 12.6. The predicted octanol–water partition coefficient (Wildman–Crippen LogP) is 3.35. The second-order valence-electron chi connectivity index (χ2n) is 6.89. The Morgan fingerprint density at radius 3 is 2.29 bits per heavy atom. The molecule has 132 valence electrons. The Kier molecular flexibility index (Phi) is 4.02. The molecule has 1 aromatic rings. The molecule has 2 fully saturated rings. The summed E-state index contributed by atoms with van der Waals surface area (Å²) in [4.78, 5) is 14.1. The number of carbonyl (C=O) groups is 1. The molecule has 24 heavy (non-hydrogen) atoms. The van der Waals surface area contributed by atoms with Gasteiger partial charge in [0.05, 0.1) is 11.2 Å². The normalized spacial score (nSPS) is 26.1. The number of nitrogens with zero attached hydrogens (tertiary/aromatic N) is 1. The van der Waals surface area contributed by atoms with E-state index in [-0.39, 0.29) is 11.0 Å². The third-order valence-corrected chi connectivity index (χ3v) is 5.58. The minimum atomic E-state index is -4.84. The highest BCUT2D eigenvalue weighted by Crippen LogP contribution is 2.56. The van der Waals surface area contributed by atoms with E-state index in [1.165, 1.54) is 23.1 Å². The number of halogens is 3. The van der Waals surface area contributed by atoms with Crippen molar-refractivity contribution in [3.8, 4) is 5.75 Å². The van der Waals surface area contributed by atoms with Gasteiger partial charge in [-0.25, -0.2) is 0 Å². The molecular weight excluding hydrogens is 323 g/mol. The average Bonchev–Trinajstić information content (AvgIpc) is 2.52. The van der Waals surface area contributed by atoms with Crippen LogP contribution < -0.4 is 4.74 Å². The first-order valence-electron chi connectivity index (χ1n) is 8.00. The molecule has 1 unspecified atom stereocenters. The summed E-state index contributed by atoms with van der Waals surface area (Å²) in [6, 6.07) is 5.39. The number of hydrogen-bond acceptors (Lipinski definition) is 3. The number of para-hydroxylation sites is 1. The van der Waals surface area contributed by atoms with E-state index in [0.29, 0.717) is 25.9 Å². The lowest BCUT2D eigenvalue weighted by molar-refractivity contribution is -0.274. The molecule has 1 saturated carbocycles. The van der Waals surface area contributed by atoms with Crippen LogP contribution in [0.3, 0.4) is 0 Å². The molecule has 1 saturated heterocycles. The number of benzene rings is 1. The molecule has 1 amide bonds. The van der Waals surface area contributed by atoms with Crippen molar-refractivity contribution in [1.29, 1.82) is 0 Å². The zero-order valence-corrected chi connectivity index (χ0v) is 13.4. The van der Waals surface area contributed by atoms with Gasteiger partial charge in [0.15, 0.2) is 0 Å². The third kappa shape index (κ3) is 2.97. The van der Waals surface area contributed by atoms with E-state index in [1.54, 1.807) is 0 Å². The first-order chi connectivity index (χ1) is 11.1. The molecular formula is C17H20F3NO3. The van der Waals surface area contributed by atoms with Gasteiger partial charge >= 0.3 is 6.36 Å². The van der Waals surface area contributed by atoms with Crippen LogP contribution in [-0.4, -0.2) is 41.0 Å². The summed E-state index contributed by atoms with van der Waals surface area (Å²) in [6.07, 6.45) is -1.84.